The number of amides is 1. The quantitative estimate of drug-likeness (QED) is 0.658. The van der Waals surface area contributed by atoms with Crippen LogP contribution >= 0.6 is 0 Å². The van der Waals surface area contributed by atoms with E-state index in [0.717, 1.165) is 25.9 Å². The predicted octanol–water partition coefficient (Wildman–Crippen LogP) is 0.607. The summed E-state index contributed by atoms with van der Waals surface area (Å²) in [6.45, 7) is 3.81. The van der Waals surface area contributed by atoms with Crippen molar-refractivity contribution in [2.75, 3.05) is 20.1 Å². The summed E-state index contributed by atoms with van der Waals surface area (Å²) in [4.78, 5) is 13.3. The molecule has 3 heteroatoms. The summed E-state index contributed by atoms with van der Waals surface area (Å²) >= 11 is 0. The van der Waals surface area contributed by atoms with Crippen molar-refractivity contribution in [1.29, 1.82) is 0 Å². The van der Waals surface area contributed by atoms with Gasteiger partial charge < -0.3 is 10.2 Å². The summed E-state index contributed by atoms with van der Waals surface area (Å²) in [6.07, 6.45) is 2.79. The Morgan fingerprint density at radius 2 is 2.33 bits per heavy atom. The van der Waals surface area contributed by atoms with Crippen molar-refractivity contribution >= 4 is 5.91 Å². The van der Waals surface area contributed by atoms with Crippen LogP contribution < -0.4 is 5.32 Å². The molecule has 1 atom stereocenters. The van der Waals surface area contributed by atoms with Crippen molar-refractivity contribution in [3.8, 4) is 0 Å². The molecule has 0 aromatic carbocycles. The van der Waals surface area contributed by atoms with Gasteiger partial charge in [-0.2, -0.15) is 0 Å². The summed E-state index contributed by atoms with van der Waals surface area (Å²) < 4.78 is 0. The number of carbonyl (C=O) groups is 1. The van der Waals surface area contributed by atoms with Crippen molar-refractivity contribution in [3.63, 3.8) is 0 Å². The molecular formula is C9H18N2O. The van der Waals surface area contributed by atoms with Gasteiger partial charge in [-0.05, 0) is 26.8 Å². The molecule has 1 unspecified atom stereocenters. The lowest BCUT2D eigenvalue weighted by molar-refractivity contribution is -0.130. The van der Waals surface area contributed by atoms with Crippen molar-refractivity contribution < 1.29 is 4.79 Å². The largest absolute Gasteiger partial charge is 0.343 e. The highest BCUT2D eigenvalue weighted by Crippen LogP contribution is 2.11. The highest BCUT2D eigenvalue weighted by Gasteiger charge is 2.19. The monoisotopic (exact) mass is 170 g/mol. The fraction of sp³-hybridized carbons (Fsp3) is 0.889. The van der Waals surface area contributed by atoms with Crippen molar-refractivity contribution in [3.05, 3.63) is 0 Å². The SMILES string of the molecule is CCN1CCC(NC)CCC1=O. The molecule has 0 saturated carbocycles. The Labute approximate surface area is 74.1 Å². The average Bonchev–Trinajstić information content (AvgIpc) is 2.27. The van der Waals surface area contributed by atoms with E-state index in [0.29, 0.717) is 18.4 Å². The minimum Gasteiger partial charge on any atom is -0.343 e. The lowest BCUT2D eigenvalue weighted by atomic mass is 10.1. The first kappa shape index (κ1) is 9.52. The van der Waals surface area contributed by atoms with Gasteiger partial charge in [0, 0.05) is 25.6 Å². The number of hydrogen-bond acceptors (Lipinski definition) is 2. The second-order valence-corrected chi connectivity index (χ2v) is 3.29. The second kappa shape index (κ2) is 4.45. The van der Waals surface area contributed by atoms with E-state index in [-0.39, 0.29) is 0 Å². The van der Waals surface area contributed by atoms with Crippen LogP contribution in [0.2, 0.25) is 0 Å². The number of hydrogen-bond donors (Lipinski definition) is 1. The Morgan fingerprint density at radius 3 is 2.92 bits per heavy atom. The van der Waals surface area contributed by atoms with Gasteiger partial charge in [0.2, 0.25) is 5.91 Å². The summed E-state index contributed by atoms with van der Waals surface area (Å²) in [5.74, 6) is 0.315. The zero-order valence-electron chi connectivity index (χ0n) is 7.97. The molecule has 3 nitrogen and oxygen atoms in total. The third-order valence-electron chi connectivity index (χ3n) is 2.60. The van der Waals surface area contributed by atoms with Crippen molar-refractivity contribution in [1.82, 2.24) is 10.2 Å². The summed E-state index contributed by atoms with van der Waals surface area (Å²) in [5, 5.41) is 3.23. The smallest absolute Gasteiger partial charge is 0.222 e. The molecule has 1 amide bonds. The minimum absolute atomic E-state index is 0.315. The molecule has 0 aromatic heterocycles. The summed E-state index contributed by atoms with van der Waals surface area (Å²) in [5.41, 5.74) is 0. The molecule has 0 aliphatic carbocycles. The van der Waals surface area contributed by atoms with E-state index in [9.17, 15) is 4.79 Å². The third-order valence-corrected chi connectivity index (χ3v) is 2.60. The molecule has 0 aromatic rings. The maximum atomic E-state index is 11.4. The topological polar surface area (TPSA) is 32.3 Å². The maximum absolute atomic E-state index is 11.4. The van der Waals surface area contributed by atoms with E-state index >= 15 is 0 Å². The van der Waals surface area contributed by atoms with Crippen LogP contribution in [0, 0.1) is 0 Å². The molecule has 1 heterocycles. The first-order valence-electron chi connectivity index (χ1n) is 4.73. The van der Waals surface area contributed by atoms with Gasteiger partial charge in [-0.1, -0.05) is 0 Å². The first-order chi connectivity index (χ1) is 5.77. The molecule has 1 rings (SSSR count). The van der Waals surface area contributed by atoms with Gasteiger partial charge in [0.15, 0.2) is 0 Å². The molecule has 0 spiro atoms. The first-order valence-corrected chi connectivity index (χ1v) is 4.73. The van der Waals surface area contributed by atoms with Crippen LogP contribution in [0.3, 0.4) is 0 Å². The Balaban J connectivity index is 2.46. The van der Waals surface area contributed by atoms with Gasteiger partial charge in [0.25, 0.3) is 0 Å². The highest BCUT2D eigenvalue weighted by molar-refractivity contribution is 5.76. The molecule has 70 valence electrons. The van der Waals surface area contributed by atoms with Crippen LogP contribution in [0.4, 0.5) is 0 Å². The number of nitrogens with one attached hydrogen (secondary N) is 1. The third kappa shape index (κ3) is 2.21. The molecular weight excluding hydrogens is 152 g/mol. The molecule has 1 aliphatic rings. The lowest BCUT2D eigenvalue weighted by Crippen LogP contribution is -2.31. The molecule has 0 bridgehead atoms. The van der Waals surface area contributed by atoms with Crippen LogP contribution in [-0.4, -0.2) is 37.0 Å². The van der Waals surface area contributed by atoms with E-state index in [1.165, 1.54) is 0 Å². The van der Waals surface area contributed by atoms with Gasteiger partial charge in [-0.25, -0.2) is 0 Å². The highest BCUT2D eigenvalue weighted by atomic mass is 16.2. The average molecular weight is 170 g/mol. The molecule has 12 heavy (non-hydrogen) atoms. The molecule has 1 N–H and O–H groups in total. The molecule has 0 radical (unpaired) electrons. The van der Waals surface area contributed by atoms with Crippen molar-refractivity contribution in [2.24, 2.45) is 0 Å². The number of rotatable bonds is 2. The fourth-order valence-electron chi connectivity index (χ4n) is 1.66. The summed E-state index contributed by atoms with van der Waals surface area (Å²) in [6, 6.07) is 0.533. The molecule has 1 fully saturated rings. The Hall–Kier alpha value is -0.570. The molecule has 1 aliphatic heterocycles. The van der Waals surface area contributed by atoms with E-state index in [1.54, 1.807) is 0 Å². The van der Waals surface area contributed by atoms with Gasteiger partial charge in [0.1, 0.15) is 0 Å². The maximum Gasteiger partial charge on any atom is 0.222 e. The standard InChI is InChI=1S/C9H18N2O/c1-3-11-7-6-8(10-2)4-5-9(11)12/h8,10H,3-7H2,1-2H3. The van der Waals surface area contributed by atoms with E-state index in [1.807, 2.05) is 18.9 Å². The Bertz CT molecular complexity index is 159. The van der Waals surface area contributed by atoms with Gasteiger partial charge in [-0.3, -0.25) is 4.79 Å². The second-order valence-electron chi connectivity index (χ2n) is 3.29. The van der Waals surface area contributed by atoms with Crippen LogP contribution in [0.15, 0.2) is 0 Å². The number of carbonyl (C=O) groups excluding carboxylic acids is 1. The Kier molecular flexibility index (Phi) is 3.53. The van der Waals surface area contributed by atoms with Gasteiger partial charge >= 0.3 is 0 Å². The van der Waals surface area contributed by atoms with Crippen LogP contribution in [-0.2, 0) is 4.79 Å². The lowest BCUT2D eigenvalue weighted by Gasteiger charge is -2.18. The molecule has 1 saturated heterocycles. The van der Waals surface area contributed by atoms with E-state index in [4.69, 9.17) is 0 Å². The minimum atomic E-state index is 0.315. The van der Waals surface area contributed by atoms with Crippen LogP contribution in [0.1, 0.15) is 26.2 Å². The van der Waals surface area contributed by atoms with E-state index < -0.39 is 0 Å². The zero-order valence-corrected chi connectivity index (χ0v) is 7.97. The predicted molar refractivity (Wildman–Crippen MR) is 49.0 cm³/mol. The summed E-state index contributed by atoms with van der Waals surface area (Å²) in [7, 11) is 1.97. The van der Waals surface area contributed by atoms with Gasteiger partial charge in [0.05, 0.1) is 0 Å². The van der Waals surface area contributed by atoms with Gasteiger partial charge in [-0.15, -0.1) is 0 Å². The van der Waals surface area contributed by atoms with Crippen LogP contribution in [0.25, 0.3) is 0 Å². The Morgan fingerprint density at radius 1 is 1.58 bits per heavy atom. The van der Waals surface area contributed by atoms with E-state index in [2.05, 4.69) is 5.32 Å². The zero-order chi connectivity index (χ0) is 8.97. The number of nitrogens with zero attached hydrogens (tertiary/aromatic N) is 1. The fourth-order valence-corrected chi connectivity index (χ4v) is 1.66. The van der Waals surface area contributed by atoms with Crippen LogP contribution in [0.5, 0.6) is 0 Å². The van der Waals surface area contributed by atoms with Crippen molar-refractivity contribution in [2.45, 2.75) is 32.2 Å². The number of likely N-dealkylation sites (tertiary alicyclic amines) is 1. The normalized spacial score (nSPS) is 25.7.